The molecule has 4 rings (SSSR count). The van der Waals surface area contributed by atoms with Gasteiger partial charge in [-0.15, -0.1) is 0 Å². The van der Waals surface area contributed by atoms with Crippen molar-refractivity contribution in [3.63, 3.8) is 0 Å². The van der Waals surface area contributed by atoms with Crippen molar-refractivity contribution in [2.45, 2.75) is 44.6 Å². The van der Waals surface area contributed by atoms with E-state index >= 15 is 0 Å². The Labute approximate surface area is 194 Å². The van der Waals surface area contributed by atoms with E-state index in [1.807, 2.05) is 11.0 Å². The fourth-order valence-electron chi connectivity index (χ4n) is 5.26. The molecule has 0 bridgehead atoms. The highest BCUT2D eigenvalue weighted by molar-refractivity contribution is 7.80. The second-order valence-corrected chi connectivity index (χ2v) is 9.52. The molecule has 2 aliphatic heterocycles. The van der Waals surface area contributed by atoms with Crippen molar-refractivity contribution in [2.24, 2.45) is 17.8 Å². The average Bonchev–Trinajstić information content (AvgIpc) is 2.82. The van der Waals surface area contributed by atoms with Crippen molar-refractivity contribution in [3.8, 4) is 0 Å². The van der Waals surface area contributed by atoms with Crippen molar-refractivity contribution in [1.29, 1.82) is 0 Å². The Bertz CT molecular complexity index is 869. The molecule has 1 N–H and O–H groups in total. The molecule has 8 heteroatoms. The van der Waals surface area contributed by atoms with Crippen molar-refractivity contribution >= 4 is 35.1 Å². The lowest BCUT2D eigenvalue weighted by Gasteiger charge is -2.43. The molecule has 2 saturated heterocycles. The summed E-state index contributed by atoms with van der Waals surface area (Å²) in [6.07, 6.45) is 4.71. The first kappa shape index (κ1) is 22.7. The summed E-state index contributed by atoms with van der Waals surface area (Å²) >= 11 is 5.42. The van der Waals surface area contributed by atoms with Crippen LogP contribution >= 0.6 is 12.2 Å². The van der Waals surface area contributed by atoms with Crippen molar-refractivity contribution < 1.29 is 19.1 Å². The molecule has 3 atom stereocenters. The van der Waals surface area contributed by atoms with Gasteiger partial charge in [0, 0.05) is 19.1 Å². The fourth-order valence-corrected chi connectivity index (χ4v) is 5.57. The van der Waals surface area contributed by atoms with E-state index < -0.39 is 0 Å². The number of amides is 2. The number of piperidine rings is 1. The summed E-state index contributed by atoms with van der Waals surface area (Å²) < 4.78 is 4.86. The molecule has 3 unspecified atom stereocenters. The van der Waals surface area contributed by atoms with Crippen molar-refractivity contribution in [1.82, 2.24) is 15.1 Å². The minimum Gasteiger partial charge on any atom is -0.469 e. The number of hydrogen-bond acceptors (Lipinski definition) is 5. The van der Waals surface area contributed by atoms with Gasteiger partial charge in [-0.1, -0.05) is 30.3 Å². The molecule has 7 nitrogen and oxygen atoms in total. The number of likely N-dealkylation sites (tertiary alicyclic amines) is 1. The van der Waals surface area contributed by atoms with E-state index in [1.54, 1.807) is 0 Å². The third-order valence-electron chi connectivity index (χ3n) is 7.15. The van der Waals surface area contributed by atoms with Crippen LogP contribution in [0.15, 0.2) is 30.3 Å². The lowest BCUT2D eigenvalue weighted by molar-refractivity contribution is -0.149. The number of rotatable bonds is 5. The van der Waals surface area contributed by atoms with Crippen LogP contribution < -0.4 is 5.32 Å². The van der Waals surface area contributed by atoms with Crippen LogP contribution in [-0.2, 0) is 25.5 Å². The molecule has 32 heavy (non-hydrogen) atoms. The number of nitrogens with zero attached hydrogens (tertiary/aromatic N) is 2. The largest absolute Gasteiger partial charge is 0.469 e. The van der Waals surface area contributed by atoms with Gasteiger partial charge in [0.2, 0.25) is 11.8 Å². The third-order valence-corrected chi connectivity index (χ3v) is 7.49. The number of nitrogens with one attached hydrogen (secondary N) is 1. The monoisotopic (exact) mass is 457 g/mol. The Kier molecular flexibility index (Phi) is 7.08. The summed E-state index contributed by atoms with van der Waals surface area (Å²) in [5.41, 5.74) is 1.34. The maximum absolute atomic E-state index is 13.1. The highest BCUT2D eigenvalue weighted by Crippen LogP contribution is 2.33. The van der Waals surface area contributed by atoms with Crippen LogP contribution in [0.2, 0.25) is 0 Å². The molecule has 1 aromatic rings. The zero-order chi connectivity index (χ0) is 22.7. The van der Waals surface area contributed by atoms with E-state index in [0.29, 0.717) is 38.3 Å². The van der Waals surface area contributed by atoms with E-state index in [1.165, 1.54) is 17.6 Å². The Hall–Kier alpha value is -2.48. The third kappa shape index (κ3) is 4.95. The van der Waals surface area contributed by atoms with Gasteiger partial charge in [-0.3, -0.25) is 19.3 Å². The first-order chi connectivity index (χ1) is 15.5. The summed E-state index contributed by atoms with van der Waals surface area (Å²) in [4.78, 5) is 41.2. The van der Waals surface area contributed by atoms with E-state index in [9.17, 15) is 14.4 Å². The number of ether oxygens (including phenoxy) is 1. The van der Waals surface area contributed by atoms with Crippen molar-refractivity contribution in [2.75, 3.05) is 26.7 Å². The quantitative estimate of drug-likeness (QED) is 0.539. The predicted molar refractivity (Wildman–Crippen MR) is 124 cm³/mol. The maximum atomic E-state index is 13.1. The number of esters is 1. The highest BCUT2D eigenvalue weighted by atomic mass is 32.1. The molecule has 1 aliphatic carbocycles. The van der Waals surface area contributed by atoms with Gasteiger partial charge < -0.3 is 15.0 Å². The lowest BCUT2D eigenvalue weighted by atomic mass is 9.76. The van der Waals surface area contributed by atoms with Crippen molar-refractivity contribution in [3.05, 3.63) is 35.9 Å². The van der Waals surface area contributed by atoms with E-state index in [-0.39, 0.29) is 47.3 Å². The van der Waals surface area contributed by atoms with Gasteiger partial charge in [0.25, 0.3) is 0 Å². The zero-order valence-electron chi connectivity index (χ0n) is 18.5. The van der Waals surface area contributed by atoms with E-state index in [0.717, 1.165) is 19.3 Å². The summed E-state index contributed by atoms with van der Waals surface area (Å²) in [6, 6.07) is 10.3. The van der Waals surface area contributed by atoms with E-state index in [2.05, 4.69) is 29.6 Å². The van der Waals surface area contributed by atoms with Crippen LogP contribution in [0.5, 0.6) is 0 Å². The number of fused-ring (bicyclic) bond motifs is 1. The molecule has 172 valence electrons. The minimum atomic E-state index is -0.257. The van der Waals surface area contributed by atoms with Crippen LogP contribution in [0.4, 0.5) is 0 Å². The maximum Gasteiger partial charge on any atom is 0.308 e. The predicted octanol–water partition coefficient (Wildman–Crippen LogP) is 2.14. The van der Waals surface area contributed by atoms with Gasteiger partial charge >= 0.3 is 5.97 Å². The summed E-state index contributed by atoms with van der Waals surface area (Å²) in [5.74, 6) is -0.290. The molecular weight excluding hydrogens is 426 g/mol. The van der Waals surface area contributed by atoms with Crippen LogP contribution in [0, 0.1) is 17.8 Å². The van der Waals surface area contributed by atoms with Gasteiger partial charge in [0.1, 0.15) is 6.54 Å². The fraction of sp³-hybridized carbons (Fsp3) is 0.583. The second-order valence-electron chi connectivity index (χ2n) is 9.13. The molecule has 1 aromatic carbocycles. The Morgan fingerprint density at radius 3 is 2.53 bits per heavy atom. The number of benzene rings is 1. The highest BCUT2D eigenvalue weighted by Gasteiger charge is 2.45. The first-order valence-corrected chi connectivity index (χ1v) is 11.9. The number of methoxy groups -OCH3 is 1. The normalized spacial score (nSPS) is 26.3. The van der Waals surface area contributed by atoms with Gasteiger partial charge in [-0.05, 0) is 62.2 Å². The number of carbonyl (C=O) groups is 3. The summed E-state index contributed by atoms with van der Waals surface area (Å²) in [7, 11) is 1.39. The van der Waals surface area contributed by atoms with Crippen LogP contribution in [0.3, 0.4) is 0 Å². The molecule has 3 aliphatic rings. The Balaban J connectivity index is 1.29. The topological polar surface area (TPSA) is 79.0 Å². The summed E-state index contributed by atoms with van der Waals surface area (Å²) in [6.45, 7) is 1.41. The molecule has 1 saturated carbocycles. The minimum absolute atomic E-state index is 0.0162. The van der Waals surface area contributed by atoms with E-state index in [4.69, 9.17) is 17.0 Å². The lowest BCUT2D eigenvalue weighted by Crippen LogP contribution is -2.63. The molecule has 0 spiro atoms. The zero-order valence-corrected chi connectivity index (χ0v) is 19.3. The smallest absolute Gasteiger partial charge is 0.308 e. The summed E-state index contributed by atoms with van der Waals surface area (Å²) in [5, 5.41) is 3.49. The van der Waals surface area contributed by atoms with Gasteiger partial charge in [-0.2, -0.15) is 0 Å². The average molecular weight is 458 g/mol. The number of thiocarbonyl (C=S) groups is 1. The van der Waals surface area contributed by atoms with Crippen LogP contribution in [0.1, 0.15) is 37.7 Å². The Morgan fingerprint density at radius 1 is 1.12 bits per heavy atom. The number of carbonyl (C=O) groups excluding carboxylic acids is 3. The molecular formula is C24H31N3O4S. The van der Waals surface area contributed by atoms with Crippen LogP contribution in [0.25, 0.3) is 0 Å². The molecule has 3 fully saturated rings. The Morgan fingerprint density at radius 2 is 1.84 bits per heavy atom. The first-order valence-electron chi connectivity index (χ1n) is 11.5. The SMILES string of the molecule is COC(=O)C1CCC2C(=O)N(CC(=O)N3CCC(Cc4ccccc4)CC3)C(=S)NC2C1. The number of hydrogen-bond donors (Lipinski definition) is 1. The van der Waals surface area contributed by atoms with Gasteiger partial charge in [-0.25, -0.2) is 0 Å². The van der Waals surface area contributed by atoms with Crippen LogP contribution in [-0.4, -0.2) is 65.5 Å². The molecule has 0 radical (unpaired) electrons. The second kappa shape index (κ2) is 9.98. The van der Waals surface area contributed by atoms with Gasteiger partial charge in [0.05, 0.1) is 18.9 Å². The molecule has 0 aromatic heterocycles. The molecule has 2 heterocycles. The standard InChI is InChI=1S/C24H31N3O4S/c1-31-23(30)18-7-8-19-20(14-18)25-24(32)27(22(19)29)15-21(28)26-11-9-17(10-12-26)13-16-5-3-2-4-6-16/h2-6,17-20H,7-15H2,1H3,(H,25,32). The van der Waals surface area contributed by atoms with Gasteiger partial charge in [0.15, 0.2) is 5.11 Å². The molecule has 2 amide bonds.